The van der Waals surface area contributed by atoms with Gasteiger partial charge in [0.1, 0.15) is 0 Å². The molecule has 1 N–H and O–H groups in total. The molecule has 1 aromatic carbocycles. The van der Waals surface area contributed by atoms with Crippen LogP contribution in [0.3, 0.4) is 0 Å². The van der Waals surface area contributed by atoms with Crippen LogP contribution in [0.15, 0.2) is 22.0 Å². The van der Waals surface area contributed by atoms with Gasteiger partial charge in [-0.15, -0.1) is 22.9 Å². The summed E-state index contributed by atoms with van der Waals surface area (Å²) in [5.74, 6) is 0.501. The summed E-state index contributed by atoms with van der Waals surface area (Å²) in [7, 11) is 0. The molecule has 0 unspecified atom stereocenters. The Balaban J connectivity index is 2.76. The molecule has 0 spiro atoms. The van der Waals surface area contributed by atoms with Gasteiger partial charge in [0, 0.05) is 15.1 Å². The van der Waals surface area contributed by atoms with E-state index in [1.807, 2.05) is 17.5 Å². The third-order valence-electron chi connectivity index (χ3n) is 2.11. The zero-order valence-electron chi connectivity index (χ0n) is 7.26. The van der Waals surface area contributed by atoms with Crippen molar-refractivity contribution in [2.24, 2.45) is 0 Å². The zero-order valence-corrected chi connectivity index (χ0v) is 10.4. The Morgan fingerprint density at radius 3 is 2.79 bits per heavy atom. The van der Waals surface area contributed by atoms with E-state index in [0.29, 0.717) is 5.88 Å². The van der Waals surface area contributed by atoms with Crippen molar-refractivity contribution < 1.29 is 5.11 Å². The summed E-state index contributed by atoms with van der Waals surface area (Å²) in [6.07, 6.45) is 0. The van der Waals surface area contributed by atoms with Gasteiger partial charge in [0.15, 0.2) is 0 Å². The highest BCUT2D eigenvalue weighted by Gasteiger charge is 2.08. The fourth-order valence-corrected chi connectivity index (χ4v) is 3.30. The minimum Gasteiger partial charge on any atom is -0.392 e. The first-order chi connectivity index (χ1) is 6.76. The van der Waals surface area contributed by atoms with Crippen molar-refractivity contribution in [3.05, 3.63) is 33.1 Å². The zero-order chi connectivity index (χ0) is 10.1. The van der Waals surface area contributed by atoms with Gasteiger partial charge in [-0.05, 0) is 34.0 Å². The molecule has 0 atom stereocenters. The van der Waals surface area contributed by atoms with Gasteiger partial charge in [0.05, 0.1) is 6.61 Å². The molecule has 0 saturated heterocycles. The molecule has 0 bridgehead atoms. The van der Waals surface area contributed by atoms with Gasteiger partial charge >= 0.3 is 0 Å². The Morgan fingerprint density at radius 1 is 1.36 bits per heavy atom. The van der Waals surface area contributed by atoms with Crippen molar-refractivity contribution in [1.82, 2.24) is 0 Å². The van der Waals surface area contributed by atoms with Crippen molar-refractivity contribution >= 4 is 49.0 Å². The minimum absolute atomic E-state index is 0.0815. The molecule has 0 aliphatic heterocycles. The Morgan fingerprint density at radius 2 is 2.14 bits per heavy atom. The number of aliphatic hydroxyl groups excluding tert-OH is 1. The molecule has 0 aliphatic rings. The maximum absolute atomic E-state index is 9.14. The average Bonchev–Trinajstić information content (AvgIpc) is 2.59. The monoisotopic (exact) mass is 290 g/mol. The van der Waals surface area contributed by atoms with Gasteiger partial charge < -0.3 is 5.11 Å². The van der Waals surface area contributed by atoms with Crippen LogP contribution >= 0.6 is 38.9 Å². The van der Waals surface area contributed by atoms with Crippen molar-refractivity contribution in [3.63, 3.8) is 0 Å². The van der Waals surface area contributed by atoms with E-state index >= 15 is 0 Å². The minimum atomic E-state index is 0.0815. The fraction of sp³-hybridized carbons (Fsp3) is 0.200. The highest BCUT2D eigenvalue weighted by molar-refractivity contribution is 9.10. The summed E-state index contributed by atoms with van der Waals surface area (Å²) >= 11 is 10.9. The summed E-state index contributed by atoms with van der Waals surface area (Å²) in [6, 6.07) is 4.04. The lowest BCUT2D eigenvalue weighted by molar-refractivity contribution is 0.284. The number of hydrogen-bond donors (Lipinski definition) is 1. The Labute approximate surface area is 99.4 Å². The second kappa shape index (κ2) is 4.19. The van der Waals surface area contributed by atoms with E-state index in [-0.39, 0.29) is 6.61 Å². The SMILES string of the molecule is OCc1csc2c(CCl)cc(Br)cc12. The summed E-state index contributed by atoms with van der Waals surface area (Å²) in [4.78, 5) is 0. The highest BCUT2D eigenvalue weighted by atomic mass is 79.9. The van der Waals surface area contributed by atoms with E-state index in [0.717, 1.165) is 21.0 Å². The molecular weight excluding hydrogens is 284 g/mol. The second-order valence-corrected chi connectivity index (χ2v) is 5.06. The molecule has 2 rings (SSSR count). The van der Waals surface area contributed by atoms with Gasteiger partial charge in [0.2, 0.25) is 0 Å². The van der Waals surface area contributed by atoms with Gasteiger partial charge in [-0.1, -0.05) is 15.9 Å². The molecule has 1 heterocycles. The maximum atomic E-state index is 9.14. The number of rotatable bonds is 2. The normalized spacial score (nSPS) is 11.1. The fourth-order valence-electron chi connectivity index (χ4n) is 1.44. The quantitative estimate of drug-likeness (QED) is 0.832. The molecule has 0 amide bonds. The van der Waals surface area contributed by atoms with Crippen molar-refractivity contribution in [1.29, 1.82) is 0 Å². The van der Waals surface area contributed by atoms with E-state index < -0.39 is 0 Å². The lowest BCUT2D eigenvalue weighted by atomic mass is 10.1. The van der Waals surface area contributed by atoms with Crippen LogP contribution in [0.4, 0.5) is 0 Å². The number of hydrogen-bond acceptors (Lipinski definition) is 2. The molecule has 0 radical (unpaired) electrons. The lowest BCUT2D eigenvalue weighted by Crippen LogP contribution is -1.82. The number of benzene rings is 1. The van der Waals surface area contributed by atoms with Crippen LogP contribution in [0.1, 0.15) is 11.1 Å². The van der Waals surface area contributed by atoms with Crippen LogP contribution in [-0.4, -0.2) is 5.11 Å². The molecule has 1 aromatic heterocycles. The van der Waals surface area contributed by atoms with Crippen molar-refractivity contribution in [2.45, 2.75) is 12.5 Å². The number of alkyl halides is 1. The Bertz CT molecular complexity index is 466. The van der Waals surface area contributed by atoms with Crippen molar-refractivity contribution in [2.75, 3.05) is 0 Å². The van der Waals surface area contributed by atoms with E-state index in [2.05, 4.69) is 15.9 Å². The van der Waals surface area contributed by atoms with Gasteiger partial charge in [0.25, 0.3) is 0 Å². The van der Waals surface area contributed by atoms with Crippen molar-refractivity contribution in [3.8, 4) is 0 Å². The van der Waals surface area contributed by atoms with Gasteiger partial charge in [-0.3, -0.25) is 0 Å². The van der Waals surface area contributed by atoms with E-state index in [4.69, 9.17) is 16.7 Å². The standard InChI is InChI=1S/C10H8BrClOS/c11-8-1-6(3-12)10-9(2-8)7(4-13)5-14-10/h1-2,5,13H,3-4H2. The topological polar surface area (TPSA) is 20.2 Å². The molecule has 2 aromatic rings. The molecule has 0 aliphatic carbocycles. The van der Waals surface area contributed by atoms with Crippen LogP contribution in [0.5, 0.6) is 0 Å². The number of aliphatic hydroxyl groups is 1. The molecule has 14 heavy (non-hydrogen) atoms. The highest BCUT2D eigenvalue weighted by Crippen LogP contribution is 2.33. The Hall–Kier alpha value is -0.0900. The largest absolute Gasteiger partial charge is 0.392 e. The number of thiophene rings is 1. The van der Waals surface area contributed by atoms with Gasteiger partial charge in [-0.2, -0.15) is 0 Å². The molecule has 74 valence electrons. The predicted molar refractivity (Wildman–Crippen MR) is 65.0 cm³/mol. The first-order valence-corrected chi connectivity index (χ1v) is 6.32. The molecular formula is C10H8BrClOS. The number of fused-ring (bicyclic) bond motifs is 1. The third-order valence-corrected chi connectivity index (χ3v) is 3.98. The summed E-state index contributed by atoms with van der Waals surface area (Å²) < 4.78 is 2.18. The summed E-state index contributed by atoms with van der Waals surface area (Å²) in [6.45, 7) is 0.0815. The van der Waals surface area contributed by atoms with Crippen LogP contribution in [0, 0.1) is 0 Å². The first kappa shape index (κ1) is 10.4. The van der Waals surface area contributed by atoms with Gasteiger partial charge in [-0.25, -0.2) is 0 Å². The van der Waals surface area contributed by atoms with E-state index in [9.17, 15) is 0 Å². The summed E-state index contributed by atoms with van der Waals surface area (Å²) in [5.41, 5.74) is 2.08. The first-order valence-electron chi connectivity index (χ1n) is 4.11. The van der Waals surface area contributed by atoms with Crippen LogP contribution in [0.2, 0.25) is 0 Å². The molecule has 0 saturated carbocycles. The van der Waals surface area contributed by atoms with E-state index in [1.54, 1.807) is 11.3 Å². The van der Waals surface area contributed by atoms with Crippen LogP contribution in [0.25, 0.3) is 10.1 Å². The second-order valence-electron chi connectivity index (χ2n) is 2.99. The number of halogens is 2. The Kier molecular flexibility index (Phi) is 3.12. The lowest BCUT2D eigenvalue weighted by Gasteiger charge is -2.01. The smallest absolute Gasteiger partial charge is 0.0696 e. The molecule has 4 heteroatoms. The summed E-state index contributed by atoms with van der Waals surface area (Å²) in [5, 5.41) is 12.2. The van der Waals surface area contributed by atoms with Crippen LogP contribution < -0.4 is 0 Å². The molecule has 0 fully saturated rings. The third kappa shape index (κ3) is 1.70. The average molecular weight is 292 g/mol. The van der Waals surface area contributed by atoms with Crippen LogP contribution in [-0.2, 0) is 12.5 Å². The predicted octanol–water partition coefficient (Wildman–Crippen LogP) is 3.89. The van der Waals surface area contributed by atoms with E-state index in [1.165, 1.54) is 4.70 Å². The maximum Gasteiger partial charge on any atom is 0.0696 e. The molecule has 1 nitrogen and oxygen atoms in total.